The highest BCUT2D eigenvalue weighted by Crippen LogP contribution is 2.21. The summed E-state index contributed by atoms with van der Waals surface area (Å²) < 4.78 is 0. The molecule has 1 heterocycles. The van der Waals surface area contributed by atoms with Crippen LogP contribution in [0.1, 0.15) is 50.2 Å². The number of allylic oxidation sites excluding steroid dienone is 2. The van der Waals surface area contributed by atoms with Crippen molar-refractivity contribution in [3.63, 3.8) is 0 Å². The second-order valence-electron chi connectivity index (χ2n) is 8.15. The van der Waals surface area contributed by atoms with Gasteiger partial charge in [-0.2, -0.15) is 5.26 Å². The molecule has 0 spiro atoms. The average Bonchev–Trinajstić information content (AvgIpc) is 2.74. The number of rotatable bonds is 7. The molecule has 1 aromatic carbocycles. The molecule has 150 valence electrons. The van der Waals surface area contributed by atoms with Crippen molar-refractivity contribution in [1.29, 1.82) is 5.26 Å². The van der Waals surface area contributed by atoms with E-state index in [4.69, 9.17) is 5.26 Å². The summed E-state index contributed by atoms with van der Waals surface area (Å²) in [6, 6.07) is 10.1. The predicted octanol–water partition coefficient (Wildman–Crippen LogP) is 0.538. The van der Waals surface area contributed by atoms with E-state index in [-0.39, 0.29) is 0 Å². The molecule has 1 fully saturated rings. The Morgan fingerprint density at radius 3 is 2.43 bits per heavy atom. The summed E-state index contributed by atoms with van der Waals surface area (Å²) in [5.74, 6) is 0.306. The van der Waals surface area contributed by atoms with Crippen LogP contribution < -0.4 is 9.80 Å². The first-order chi connectivity index (χ1) is 13.7. The third-order valence-electron chi connectivity index (χ3n) is 5.96. The van der Waals surface area contributed by atoms with E-state index in [0.717, 1.165) is 64.1 Å². The minimum absolute atomic E-state index is 0.306. The summed E-state index contributed by atoms with van der Waals surface area (Å²) in [5.41, 5.74) is 3.27. The number of hydrogen-bond donors (Lipinski definition) is 2. The molecule has 1 aromatic rings. The highest BCUT2D eigenvalue weighted by molar-refractivity contribution is 5.79. The molecule has 3 rings (SSSR count). The molecule has 1 saturated heterocycles. The van der Waals surface area contributed by atoms with Crippen molar-refractivity contribution in [1.82, 2.24) is 4.90 Å². The van der Waals surface area contributed by atoms with Crippen molar-refractivity contribution in [3.05, 3.63) is 47.2 Å². The Bertz CT molecular complexity index is 711. The van der Waals surface area contributed by atoms with Crippen LogP contribution in [0.5, 0.6) is 0 Å². The van der Waals surface area contributed by atoms with Crippen LogP contribution in [0, 0.1) is 11.3 Å². The van der Waals surface area contributed by atoms with E-state index in [2.05, 4.69) is 36.1 Å². The van der Waals surface area contributed by atoms with Crippen molar-refractivity contribution in [3.8, 4) is 6.07 Å². The van der Waals surface area contributed by atoms with Gasteiger partial charge in [0.05, 0.1) is 11.6 Å². The van der Waals surface area contributed by atoms with Crippen LogP contribution >= 0.6 is 0 Å². The summed E-state index contributed by atoms with van der Waals surface area (Å²) in [5, 5.41) is 8.91. The number of carbonyl (C=O) groups excluding carboxylic acids is 1. The van der Waals surface area contributed by atoms with Gasteiger partial charge in [-0.25, -0.2) is 0 Å². The second kappa shape index (κ2) is 10.4. The lowest BCUT2D eigenvalue weighted by molar-refractivity contribution is -1.02. The SMILES string of the molecule is CCCN(C(=O)C[NH+]1CC[NH+](Cc2ccc(C#N)cc2)CC1)C1=CCCCC1. The largest absolute Gasteiger partial charge is 0.322 e. The molecule has 5 nitrogen and oxygen atoms in total. The van der Waals surface area contributed by atoms with E-state index in [1.165, 1.54) is 29.0 Å². The standard InChI is InChI=1S/C23H32N4O/c1-2-12-27(22-6-4-3-5-7-22)23(28)19-26-15-13-25(14-16-26)18-21-10-8-20(17-24)9-11-21/h6,8-11H,2-5,7,12-16,18-19H2,1H3/p+2. The van der Waals surface area contributed by atoms with Crippen LogP contribution in [-0.2, 0) is 11.3 Å². The normalized spacial score (nSPS) is 22.2. The fourth-order valence-electron chi connectivity index (χ4n) is 4.32. The first-order valence-corrected chi connectivity index (χ1v) is 10.8. The molecule has 0 aromatic heterocycles. The van der Waals surface area contributed by atoms with Crippen LogP contribution in [0.2, 0.25) is 0 Å². The Morgan fingerprint density at radius 2 is 1.82 bits per heavy atom. The highest BCUT2D eigenvalue weighted by Gasteiger charge is 2.28. The second-order valence-corrected chi connectivity index (χ2v) is 8.15. The molecule has 2 N–H and O–H groups in total. The van der Waals surface area contributed by atoms with E-state index in [0.29, 0.717) is 12.5 Å². The fraction of sp³-hybridized carbons (Fsp3) is 0.565. The molecule has 28 heavy (non-hydrogen) atoms. The average molecular weight is 383 g/mol. The first kappa shape index (κ1) is 20.6. The van der Waals surface area contributed by atoms with E-state index in [1.54, 1.807) is 4.90 Å². The van der Waals surface area contributed by atoms with Gasteiger partial charge in [0.1, 0.15) is 32.7 Å². The molecule has 0 saturated carbocycles. The minimum atomic E-state index is 0.306. The highest BCUT2D eigenvalue weighted by atomic mass is 16.2. The van der Waals surface area contributed by atoms with Gasteiger partial charge in [0.15, 0.2) is 6.54 Å². The number of nitrogens with one attached hydrogen (secondary N) is 2. The number of piperazine rings is 1. The third-order valence-corrected chi connectivity index (χ3v) is 5.96. The first-order valence-electron chi connectivity index (χ1n) is 10.8. The zero-order valence-electron chi connectivity index (χ0n) is 17.2. The zero-order valence-corrected chi connectivity index (χ0v) is 17.2. The number of nitrogens with zero attached hydrogens (tertiary/aromatic N) is 2. The lowest BCUT2D eigenvalue weighted by atomic mass is 10.0. The van der Waals surface area contributed by atoms with Gasteiger partial charge in [-0.3, -0.25) is 4.79 Å². The van der Waals surface area contributed by atoms with Gasteiger partial charge in [-0.15, -0.1) is 0 Å². The number of carbonyl (C=O) groups is 1. The van der Waals surface area contributed by atoms with Gasteiger partial charge in [-0.1, -0.05) is 25.1 Å². The Hall–Kier alpha value is -2.16. The maximum absolute atomic E-state index is 13.0. The van der Waals surface area contributed by atoms with Crippen molar-refractivity contribution in [2.45, 2.75) is 45.6 Å². The molecule has 0 unspecified atom stereocenters. The summed E-state index contributed by atoms with van der Waals surface area (Å²) >= 11 is 0. The van der Waals surface area contributed by atoms with E-state index in [1.807, 2.05) is 12.1 Å². The molecule has 0 radical (unpaired) electrons. The molecule has 2 aliphatic rings. The maximum atomic E-state index is 13.0. The molecule has 5 heteroatoms. The van der Waals surface area contributed by atoms with Gasteiger partial charge in [0.25, 0.3) is 5.91 Å². The topological polar surface area (TPSA) is 53.0 Å². The number of benzene rings is 1. The fourth-order valence-corrected chi connectivity index (χ4v) is 4.32. The molecule has 1 amide bonds. The maximum Gasteiger partial charge on any atom is 0.281 e. The van der Waals surface area contributed by atoms with Crippen molar-refractivity contribution in [2.75, 3.05) is 39.3 Å². The summed E-state index contributed by atoms with van der Waals surface area (Å²) in [6.45, 7) is 8.93. The van der Waals surface area contributed by atoms with Gasteiger partial charge in [0, 0.05) is 17.8 Å². The summed E-state index contributed by atoms with van der Waals surface area (Å²) in [6.07, 6.45) is 7.94. The van der Waals surface area contributed by atoms with Crippen LogP contribution in [0.4, 0.5) is 0 Å². The van der Waals surface area contributed by atoms with Gasteiger partial charge < -0.3 is 14.7 Å². The van der Waals surface area contributed by atoms with Crippen molar-refractivity contribution < 1.29 is 14.6 Å². The third kappa shape index (κ3) is 5.67. The number of nitriles is 1. The molecule has 1 aliphatic carbocycles. The van der Waals surface area contributed by atoms with Crippen molar-refractivity contribution in [2.24, 2.45) is 0 Å². The monoisotopic (exact) mass is 382 g/mol. The van der Waals surface area contributed by atoms with Gasteiger partial charge in [-0.05, 0) is 44.2 Å². The smallest absolute Gasteiger partial charge is 0.281 e. The Labute approximate surface area is 169 Å². The van der Waals surface area contributed by atoms with Crippen LogP contribution in [0.25, 0.3) is 0 Å². The lowest BCUT2D eigenvalue weighted by Gasteiger charge is -2.32. The van der Waals surface area contributed by atoms with E-state index >= 15 is 0 Å². The summed E-state index contributed by atoms with van der Waals surface area (Å²) in [7, 11) is 0. The minimum Gasteiger partial charge on any atom is -0.322 e. The molecule has 1 aliphatic heterocycles. The van der Waals surface area contributed by atoms with Crippen LogP contribution in [0.3, 0.4) is 0 Å². The molecule has 0 atom stereocenters. The quantitative estimate of drug-likeness (QED) is 0.723. The molecular weight excluding hydrogens is 348 g/mol. The number of amides is 1. The Balaban J connectivity index is 1.47. The number of hydrogen-bond acceptors (Lipinski definition) is 2. The van der Waals surface area contributed by atoms with Crippen LogP contribution in [-0.4, -0.2) is 50.1 Å². The van der Waals surface area contributed by atoms with E-state index < -0.39 is 0 Å². The molecule has 0 bridgehead atoms. The number of quaternary nitrogens is 2. The lowest BCUT2D eigenvalue weighted by Crippen LogP contribution is -3.28. The van der Waals surface area contributed by atoms with Crippen molar-refractivity contribution >= 4 is 5.91 Å². The van der Waals surface area contributed by atoms with Gasteiger partial charge >= 0.3 is 0 Å². The van der Waals surface area contributed by atoms with Crippen LogP contribution in [0.15, 0.2) is 36.0 Å². The zero-order chi connectivity index (χ0) is 19.8. The van der Waals surface area contributed by atoms with E-state index in [9.17, 15) is 4.79 Å². The molecular formula is C23H34N4O+2. The Morgan fingerprint density at radius 1 is 1.11 bits per heavy atom. The Kier molecular flexibility index (Phi) is 7.64. The van der Waals surface area contributed by atoms with Gasteiger partial charge in [0.2, 0.25) is 0 Å². The predicted molar refractivity (Wildman–Crippen MR) is 110 cm³/mol. The summed E-state index contributed by atoms with van der Waals surface area (Å²) in [4.78, 5) is 18.0.